The van der Waals surface area contributed by atoms with Gasteiger partial charge >= 0.3 is 0 Å². The van der Waals surface area contributed by atoms with Crippen molar-refractivity contribution in [2.45, 2.75) is 12.8 Å². The lowest BCUT2D eigenvalue weighted by atomic mass is 10.2. The molecule has 0 aliphatic carbocycles. The summed E-state index contributed by atoms with van der Waals surface area (Å²) in [5.74, 6) is -1.40. The molecule has 0 unspecified atom stereocenters. The molecule has 1 heterocycles. The smallest absolute Gasteiger partial charge is 0.151 e. The van der Waals surface area contributed by atoms with E-state index in [1.165, 1.54) is 12.8 Å². The number of hydrogen-bond donors (Lipinski definition) is 2. The Hall–Kier alpha value is -2.30. The first-order chi connectivity index (χ1) is 10.1. The molecular weight excluding hydrogens is 272 g/mol. The van der Waals surface area contributed by atoms with E-state index in [0.717, 1.165) is 30.9 Å². The second-order valence-electron chi connectivity index (χ2n) is 5.23. The van der Waals surface area contributed by atoms with Gasteiger partial charge in [-0.3, -0.25) is 0 Å². The first-order valence-corrected chi connectivity index (χ1v) is 7.00. The van der Waals surface area contributed by atoms with Crippen molar-refractivity contribution in [3.63, 3.8) is 0 Å². The molecule has 0 aromatic heterocycles. The number of benzene rings is 2. The van der Waals surface area contributed by atoms with E-state index in [1.54, 1.807) is 0 Å². The third-order valence-corrected chi connectivity index (χ3v) is 3.67. The Kier molecular flexibility index (Phi) is 3.64. The van der Waals surface area contributed by atoms with Crippen molar-refractivity contribution in [1.82, 2.24) is 0 Å². The Labute approximate surface area is 122 Å². The minimum Gasteiger partial charge on any atom is -0.399 e. The average Bonchev–Trinajstić information content (AvgIpc) is 2.97. The number of anilines is 4. The molecule has 0 spiro atoms. The lowest BCUT2D eigenvalue weighted by molar-refractivity contribution is 0.592. The quantitative estimate of drug-likeness (QED) is 0.842. The highest BCUT2D eigenvalue weighted by molar-refractivity contribution is 5.65. The number of rotatable bonds is 3. The van der Waals surface area contributed by atoms with E-state index < -0.39 is 11.6 Å². The van der Waals surface area contributed by atoms with E-state index in [-0.39, 0.29) is 11.4 Å². The zero-order chi connectivity index (χ0) is 14.8. The van der Waals surface area contributed by atoms with Gasteiger partial charge in [0, 0.05) is 30.2 Å². The van der Waals surface area contributed by atoms with Crippen LogP contribution >= 0.6 is 0 Å². The molecule has 110 valence electrons. The maximum atomic E-state index is 13.7. The topological polar surface area (TPSA) is 41.3 Å². The van der Waals surface area contributed by atoms with Gasteiger partial charge in [0.05, 0.1) is 0 Å². The van der Waals surface area contributed by atoms with Crippen LogP contribution in [-0.4, -0.2) is 13.1 Å². The summed E-state index contributed by atoms with van der Waals surface area (Å²) in [6, 6.07) is 9.77. The molecule has 5 heteroatoms. The van der Waals surface area contributed by atoms with Crippen molar-refractivity contribution in [3.05, 3.63) is 48.0 Å². The van der Waals surface area contributed by atoms with Crippen LogP contribution in [0.25, 0.3) is 0 Å². The second-order valence-corrected chi connectivity index (χ2v) is 5.23. The Morgan fingerprint density at radius 3 is 2.10 bits per heavy atom. The van der Waals surface area contributed by atoms with Gasteiger partial charge in [0.25, 0.3) is 0 Å². The number of nitrogens with one attached hydrogen (secondary N) is 1. The van der Waals surface area contributed by atoms with E-state index >= 15 is 0 Å². The number of nitrogens with two attached hydrogens (primary N) is 1. The minimum absolute atomic E-state index is 0.0694. The Balaban J connectivity index is 1.79. The molecule has 2 aromatic rings. The summed E-state index contributed by atoms with van der Waals surface area (Å²) in [5.41, 5.74) is 7.06. The highest BCUT2D eigenvalue weighted by Gasteiger charge is 2.13. The standard InChI is InChI=1S/C16H17F2N3/c17-14-9-11(19)10-15(18)16(14)20-12-3-5-13(6-4-12)21-7-1-2-8-21/h3-6,9-10,20H,1-2,7-8,19H2. The molecule has 3 N–H and O–H groups in total. The third-order valence-electron chi connectivity index (χ3n) is 3.67. The van der Waals surface area contributed by atoms with Crippen molar-refractivity contribution in [3.8, 4) is 0 Å². The van der Waals surface area contributed by atoms with Crippen molar-refractivity contribution in [2.75, 3.05) is 29.0 Å². The van der Waals surface area contributed by atoms with Crippen LogP contribution < -0.4 is 16.0 Å². The summed E-state index contributed by atoms with van der Waals surface area (Å²) in [6.07, 6.45) is 2.42. The molecule has 0 radical (unpaired) electrons. The molecule has 0 bridgehead atoms. The van der Waals surface area contributed by atoms with Crippen LogP contribution in [0.4, 0.5) is 31.5 Å². The second kappa shape index (κ2) is 5.60. The summed E-state index contributed by atoms with van der Waals surface area (Å²) in [4.78, 5) is 2.30. The van der Waals surface area contributed by atoms with Crippen LogP contribution in [0.2, 0.25) is 0 Å². The van der Waals surface area contributed by atoms with Crippen LogP contribution in [0.3, 0.4) is 0 Å². The maximum Gasteiger partial charge on any atom is 0.151 e. The Bertz CT molecular complexity index is 611. The predicted molar refractivity (Wildman–Crippen MR) is 81.9 cm³/mol. The van der Waals surface area contributed by atoms with Gasteiger partial charge in [-0.2, -0.15) is 0 Å². The molecule has 21 heavy (non-hydrogen) atoms. The van der Waals surface area contributed by atoms with Crippen molar-refractivity contribution >= 4 is 22.7 Å². The molecule has 1 saturated heterocycles. The Morgan fingerprint density at radius 1 is 0.952 bits per heavy atom. The molecule has 0 amide bonds. The minimum atomic E-state index is -0.698. The fraction of sp³-hybridized carbons (Fsp3) is 0.250. The monoisotopic (exact) mass is 289 g/mol. The first-order valence-electron chi connectivity index (χ1n) is 7.00. The zero-order valence-electron chi connectivity index (χ0n) is 11.6. The van der Waals surface area contributed by atoms with E-state index in [2.05, 4.69) is 10.2 Å². The van der Waals surface area contributed by atoms with Gasteiger partial charge in [0.1, 0.15) is 5.69 Å². The summed E-state index contributed by atoms with van der Waals surface area (Å²) in [7, 11) is 0. The van der Waals surface area contributed by atoms with Gasteiger partial charge in [-0.15, -0.1) is 0 Å². The highest BCUT2D eigenvalue weighted by Crippen LogP contribution is 2.27. The molecule has 0 atom stereocenters. The van der Waals surface area contributed by atoms with Gasteiger partial charge in [-0.25, -0.2) is 8.78 Å². The summed E-state index contributed by atoms with van der Waals surface area (Å²) < 4.78 is 27.5. The summed E-state index contributed by atoms with van der Waals surface area (Å²) in [5, 5.41) is 2.76. The van der Waals surface area contributed by atoms with Crippen LogP contribution in [0, 0.1) is 11.6 Å². The van der Waals surface area contributed by atoms with Crippen molar-refractivity contribution < 1.29 is 8.78 Å². The van der Waals surface area contributed by atoms with E-state index in [0.29, 0.717) is 5.69 Å². The molecular formula is C16H17F2N3. The number of nitrogen functional groups attached to an aromatic ring is 1. The van der Waals surface area contributed by atoms with Crippen LogP contribution in [-0.2, 0) is 0 Å². The number of hydrogen-bond acceptors (Lipinski definition) is 3. The summed E-state index contributed by atoms with van der Waals surface area (Å²) in [6.45, 7) is 2.13. The van der Waals surface area contributed by atoms with Gasteiger partial charge in [-0.1, -0.05) is 0 Å². The van der Waals surface area contributed by atoms with Crippen LogP contribution in [0.1, 0.15) is 12.8 Å². The third kappa shape index (κ3) is 2.91. The number of nitrogens with zero attached hydrogens (tertiary/aromatic N) is 1. The van der Waals surface area contributed by atoms with Crippen LogP contribution in [0.15, 0.2) is 36.4 Å². The van der Waals surface area contributed by atoms with Crippen molar-refractivity contribution in [1.29, 1.82) is 0 Å². The van der Waals surface area contributed by atoms with E-state index in [4.69, 9.17) is 5.73 Å². The fourth-order valence-electron chi connectivity index (χ4n) is 2.59. The largest absolute Gasteiger partial charge is 0.399 e. The van der Waals surface area contributed by atoms with Crippen molar-refractivity contribution in [2.24, 2.45) is 0 Å². The fourth-order valence-corrected chi connectivity index (χ4v) is 2.59. The molecule has 1 aliphatic heterocycles. The maximum absolute atomic E-state index is 13.7. The van der Waals surface area contributed by atoms with E-state index in [9.17, 15) is 8.78 Å². The van der Waals surface area contributed by atoms with Gasteiger partial charge < -0.3 is 16.0 Å². The van der Waals surface area contributed by atoms with Gasteiger partial charge in [0.15, 0.2) is 11.6 Å². The molecule has 0 saturated carbocycles. The molecule has 3 nitrogen and oxygen atoms in total. The van der Waals surface area contributed by atoms with Gasteiger partial charge in [0.2, 0.25) is 0 Å². The first kappa shape index (κ1) is 13.7. The number of halogens is 2. The molecule has 1 aliphatic rings. The SMILES string of the molecule is Nc1cc(F)c(Nc2ccc(N3CCCC3)cc2)c(F)c1. The lowest BCUT2D eigenvalue weighted by Crippen LogP contribution is -2.17. The molecule has 2 aromatic carbocycles. The lowest BCUT2D eigenvalue weighted by Gasteiger charge is -2.18. The highest BCUT2D eigenvalue weighted by atomic mass is 19.1. The predicted octanol–water partition coefficient (Wildman–Crippen LogP) is 3.89. The average molecular weight is 289 g/mol. The normalized spacial score (nSPS) is 14.5. The Morgan fingerprint density at radius 2 is 1.52 bits per heavy atom. The molecule has 1 fully saturated rings. The summed E-state index contributed by atoms with van der Waals surface area (Å²) >= 11 is 0. The molecule has 3 rings (SSSR count). The van der Waals surface area contributed by atoms with Gasteiger partial charge in [-0.05, 0) is 49.2 Å². The van der Waals surface area contributed by atoms with Crippen LogP contribution in [0.5, 0.6) is 0 Å². The van der Waals surface area contributed by atoms with E-state index in [1.807, 2.05) is 24.3 Å². The zero-order valence-corrected chi connectivity index (χ0v) is 11.6.